The number of hydrogen-bond acceptors (Lipinski definition) is 4. The molecule has 1 saturated heterocycles. The van der Waals surface area contributed by atoms with E-state index in [9.17, 15) is 4.79 Å². The fraction of sp³-hybridized carbons (Fsp3) is 0.481. The Balaban J connectivity index is 1.14. The van der Waals surface area contributed by atoms with E-state index in [-0.39, 0.29) is 11.8 Å². The highest BCUT2D eigenvalue weighted by Gasteiger charge is 2.26. The predicted octanol–water partition coefficient (Wildman–Crippen LogP) is 6.10. The van der Waals surface area contributed by atoms with Crippen LogP contribution in [0.25, 0.3) is 0 Å². The third kappa shape index (κ3) is 5.47. The van der Waals surface area contributed by atoms with Gasteiger partial charge in [0.15, 0.2) is 5.85 Å². The lowest BCUT2D eigenvalue weighted by Gasteiger charge is -2.30. The van der Waals surface area contributed by atoms with Crippen LogP contribution >= 0.6 is 8.58 Å². The number of likely N-dealkylation sites (tertiary alicyclic amines) is 1. The van der Waals surface area contributed by atoms with Crippen LogP contribution in [-0.2, 0) is 16.2 Å². The molecule has 2 aromatic carbocycles. The molecule has 174 valence electrons. The molecule has 0 radical (unpaired) electrons. The summed E-state index contributed by atoms with van der Waals surface area (Å²) in [6.45, 7) is 2.57. The van der Waals surface area contributed by atoms with Crippen LogP contribution < -0.4 is 0 Å². The van der Waals surface area contributed by atoms with E-state index < -0.39 is 5.97 Å². The highest BCUT2D eigenvalue weighted by atomic mass is 31.1. The van der Waals surface area contributed by atoms with Gasteiger partial charge in [-0.05, 0) is 70.0 Å². The molecule has 2 aliphatic heterocycles. The van der Waals surface area contributed by atoms with Crippen molar-refractivity contribution in [3.63, 3.8) is 0 Å². The van der Waals surface area contributed by atoms with Crippen molar-refractivity contribution >= 4 is 20.0 Å². The maximum atomic E-state index is 11.1. The molecule has 0 spiro atoms. The van der Waals surface area contributed by atoms with Crippen LogP contribution in [-0.4, -0.2) is 34.5 Å². The average molecular weight is 465 g/mol. The molecule has 2 fully saturated rings. The van der Waals surface area contributed by atoms with Crippen molar-refractivity contribution in [2.24, 2.45) is 11.1 Å². The molecule has 0 bridgehead atoms. The molecule has 2 heterocycles. The van der Waals surface area contributed by atoms with E-state index in [1.165, 1.54) is 48.8 Å². The number of oxime groups is 1. The van der Waals surface area contributed by atoms with Crippen LogP contribution in [0.2, 0.25) is 0 Å². The monoisotopic (exact) mass is 464 g/mol. The number of nitrogens with zero attached hydrogens (tertiary/aromatic N) is 2. The lowest BCUT2D eigenvalue weighted by Crippen LogP contribution is -2.35. The summed E-state index contributed by atoms with van der Waals surface area (Å²) in [5.74, 6) is -0.0801. The van der Waals surface area contributed by atoms with Crippen molar-refractivity contribution < 1.29 is 14.7 Å². The van der Waals surface area contributed by atoms with Gasteiger partial charge in [0.25, 0.3) is 0 Å². The second kappa shape index (κ2) is 10.4. The van der Waals surface area contributed by atoms with Crippen molar-refractivity contribution in [3.8, 4) is 0 Å². The molecule has 3 aliphatic rings. The number of carbonyl (C=O) groups is 1. The van der Waals surface area contributed by atoms with Crippen LogP contribution in [0.15, 0.2) is 53.7 Å². The average Bonchev–Trinajstić information content (AvgIpc) is 3.36. The summed E-state index contributed by atoms with van der Waals surface area (Å²) in [4.78, 5) is 19.3. The van der Waals surface area contributed by atoms with Crippen LogP contribution in [0.1, 0.15) is 79.0 Å². The molecule has 2 atom stereocenters. The third-order valence-electron chi connectivity index (χ3n) is 7.40. The van der Waals surface area contributed by atoms with Crippen LogP contribution in [0.5, 0.6) is 0 Å². The summed E-state index contributed by atoms with van der Waals surface area (Å²) in [6.07, 6.45) is 8.24. The van der Waals surface area contributed by atoms with Gasteiger partial charge in [0.05, 0.1) is 5.92 Å². The number of carboxylic acids is 1. The zero-order valence-electron chi connectivity index (χ0n) is 19.1. The Morgan fingerprint density at radius 2 is 1.61 bits per heavy atom. The summed E-state index contributed by atoms with van der Waals surface area (Å²) in [5, 5.41) is 13.6. The van der Waals surface area contributed by atoms with Crippen molar-refractivity contribution in [1.82, 2.24) is 4.90 Å². The first-order chi connectivity index (χ1) is 16.2. The summed E-state index contributed by atoms with van der Waals surface area (Å²) in [5.41, 5.74) is 6.11. The molecule has 0 aromatic heterocycles. The summed E-state index contributed by atoms with van der Waals surface area (Å²) in [7, 11) is 0.507. The first-order valence-corrected chi connectivity index (χ1v) is 13.4. The maximum absolute atomic E-state index is 11.1. The summed E-state index contributed by atoms with van der Waals surface area (Å²) >= 11 is 0. The van der Waals surface area contributed by atoms with Crippen LogP contribution in [0, 0.1) is 5.92 Å². The van der Waals surface area contributed by atoms with Crippen molar-refractivity contribution in [2.75, 3.05) is 13.1 Å². The molecule has 5 nitrogen and oxygen atoms in total. The molecule has 33 heavy (non-hydrogen) atoms. The second-order valence-corrected chi connectivity index (χ2v) is 10.9. The number of hydrogen-bond donors (Lipinski definition) is 1. The van der Waals surface area contributed by atoms with Crippen LogP contribution in [0.3, 0.4) is 0 Å². The zero-order chi connectivity index (χ0) is 22.6. The van der Waals surface area contributed by atoms with Gasteiger partial charge in [0.1, 0.15) is 5.45 Å². The van der Waals surface area contributed by atoms with Gasteiger partial charge in [-0.25, -0.2) is 0 Å². The van der Waals surface area contributed by atoms with Crippen molar-refractivity contribution in [2.45, 2.75) is 63.3 Å². The molecule has 5 rings (SSSR count). The van der Waals surface area contributed by atoms with Crippen molar-refractivity contribution in [1.29, 1.82) is 0 Å². The summed E-state index contributed by atoms with van der Waals surface area (Å²) < 4.78 is 0. The Labute approximate surface area is 198 Å². The fourth-order valence-electron chi connectivity index (χ4n) is 5.31. The Hall–Kier alpha value is -2.23. The standard InChI is InChI=1S/C27H33N2O3P/c30-26(31)23-14-16-29(17-15-23)18-19-6-8-22(9-7-19)25-28-32-27(33-25)24-12-10-21(11-13-24)20-4-2-1-3-5-20/h6-13,20,23,27,33H,1-5,14-18H2,(H,30,31). The molecule has 2 unspecified atom stereocenters. The fourth-order valence-corrected chi connectivity index (χ4v) is 6.46. The lowest BCUT2D eigenvalue weighted by molar-refractivity contribution is -0.143. The predicted molar refractivity (Wildman–Crippen MR) is 133 cm³/mol. The van der Waals surface area contributed by atoms with E-state index in [1.807, 2.05) is 0 Å². The van der Waals surface area contributed by atoms with E-state index in [1.54, 1.807) is 0 Å². The highest BCUT2D eigenvalue weighted by molar-refractivity contribution is 7.59. The normalized spacial score (nSPS) is 23.4. The van der Waals surface area contributed by atoms with E-state index >= 15 is 0 Å². The number of aliphatic carboxylic acids is 1. The van der Waals surface area contributed by atoms with Gasteiger partial charge in [-0.15, -0.1) is 0 Å². The molecule has 1 saturated carbocycles. The lowest BCUT2D eigenvalue weighted by atomic mass is 9.84. The smallest absolute Gasteiger partial charge is 0.306 e. The van der Waals surface area contributed by atoms with Crippen LogP contribution in [0.4, 0.5) is 0 Å². The zero-order valence-corrected chi connectivity index (χ0v) is 20.1. The van der Waals surface area contributed by atoms with Gasteiger partial charge in [0, 0.05) is 12.1 Å². The van der Waals surface area contributed by atoms with E-state index in [2.05, 4.69) is 58.6 Å². The second-order valence-electron chi connectivity index (χ2n) is 9.66. The first-order valence-electron chi connectivity index (χ1n) is 12.3. The first kappa shape index (κ1) is 22.6. The number of carboxylic acid groups (broad SMARTS) is 1. The number of rotatable bonds is 6. The van der Waals surface area contributed by atoms with E-state index in [0.29, 0.717) is 8.58 Å². The molecule has 1 aliphatic carbocycles. The molecule has 6 heteroatoms. The quantitative estimate of drug-likeness (QED) is 0.525. The topological polar surface area (TPSA) is 62.1 Å². The van der Waals surface area contributed by atoms with E-state index in [4.69, 9.17) is 9.94 Å². The van der Waals surface area contributed by atoms with Gasteiger partial charge in [-0.3, -0.25) is 9.69 Å². The number of piperidine rings is 1. The van der Waals surface area contributed by atoms with Gasteiger partial charge in [-0.2, -0.15) is 0 Å². The Morgan fingerprint density at radius 1 is 0.939 bits per heavy atom. The molecular formula is C27H33N2O3P. The summed E-state index contributed by atoms with van der Waals surface area (Å²) in [6, 6.07) is 17.7. The Kier molecular flexibility index (Phi) is 7.08. The minimum Gasteiger partial charge on any atom is -0.481 e. The van der Waals surface area contributed by atoms with Gasteiger partial charge in [-0.1, -0.05) is 72.9 Å². The van der Waals surface area contributed by atoms with Gasteiger partial charge < -0.3 is 9.94 Å². The minimum absolute atomic E-state index is 0.0237. The Morgan fingerprint density at radius 3 is 2.27 bits per heavy atom. The van der Waals surface area contributed by atoms with Gasteiger partial charge >= 0.3 is 5.97 Å². The SMILES string of the molecule is O=C(O)C1CCN(Cc2ccc(C3=NOC(c4ccc(C5CCCCC5)cc4)P3)cc2)CC1. The van der Waals surface area contributed by atoms with Gasteiger partial charge in [0.2, 0.25) is 0 Å². The molecule has 1 N–H and O–H groups in total. The van der Waals surface area contributed by atoms with E-state index in [0.717, 1.165) is 49.4 Å². The molecular weight excluding hydrogens is 431 g/mol. The minimum atomic E-state index is -0.655. The largest absolute Gasteiger partial charge is 0.481 e. The number of benzene rings is 2. The highest BCUT2D eigenvalue weighted by Crippen LogP contribution is 2.44. The maximum Gasteiger partial charge on any atom is 0.306 e. The third-order valence-corrected chi connectivity index (χ3v) is 8.76. The van der Waals surface area contributed by atoms with Crippen molar-refractivity contribution in [3.05, 3.63) is 70.8 Å². The molecule has 0 amide bonds. The molecule has 2 aromatic rings. The Bertz CT molecular complexity index is 975.